The first-order chi connectivity index (χ1) is 7.04. The normalized spacial score (nSPS) is 14.1. The van der Waals surface area contributed by atoms with Gasteiger partial charge in [-0.2, -0.15) is 0 Å². The van der Waals surface area contributed by atoms with Crippen molar-refractivity contribution in [3.63, 3.8) is 0 Å². The molecule has 1 heterocycles. The lowest BCUT2D eigenvalue weighted by atomic mass is 9.84. The maximum Gasteiger partial charge on any atom is 0.0794 e. The van der Waals surface area contributed by atoms with E-state index in [0.29, 0.717) is 11.5 Å². The maximum absolute atomic E-state index is 4.09. The van der Waals surface area contributed by atoms with Crippen LogP contribution < -0.4 is 5.32 Å². The largest absolute Gasteiger partial charge is 0.316 e. The fourth-order valence-corrected chi connectivity index (χ4v) is 2.50. The number of nitrogens with zero attached hydrogens (tertiary/aromatic N) is 1. The highest BCUT2D eigenvalue weighted by Gasteiger charge is 2.22. The van der Waals surface area contributed by atoms with Gasteiger partial charge in [-0.3, -0.25) is 4.98 Å². The number of nitrogens with one attached hydrogen (secondary N) is 1. The molecular formula is C12H22N2S. The van der Waals surface area contributed by atoms with E-state index in [2.05, 4.69) is 38.1 Å². The van der Waals surface area contributed by atoms with E-state index >= 15 is 0 Å². The lowest BCUT2D eigenvalue weighted by Crippen LogP contribution is -2.37. The Morgan fingerprint density at radius 3 is 2.67 bits per heavy atom. The zero-order valence-corrected chi connectivity index (χ0v) is 11.0. The molecule has 1 aromatic rings. The summed E-state index contributed by atoms with van der Waals surface area (Å²) in [6, 6.07) is 0.602. The number of hydrogen-bond acceptors (Lipinski definition) is 3. The van der Waals surface area contributed by atoms with Gasteiger partial charge in [0, 0.05) is 17.1 Å². The van der Waals surface area contributed by atoms with Crippen LogP contribution in [0.5, 0.6) is 0 Å². The van der Waals surface area contributed by atoms with Crippen molar-refractivity contribution in [2.75, 3.05) is 7.05 Å². The number of rotatable bonds is 5. The minimum atomic E-state index is 0.350. The van der Waals surface area contributed by atoms with Gasteiger partial charge in [-0.1, -0.05) is 20.8 Å². The molecule has 0 spiro atoms. The summed E-state index contributed by atoms with van der Waals surface area (Å²) in [5.74, 6) is 0. The van der Waals surface area contributed by atoms with Crippen LogP contribution in [0.15, 0.2) is 11.7 Å². The second kappa shape index (κ2) is 5.61. The second-order valence-corrected chi connectivity index (χ2v) is 6.04. The van der Waals surface area contributed by atoms with Crippen LogP contribution in [0, 0.1) is 5.41 Å². The average molecular weight is 226 g/mol. The molecule has 1 aromatic heterocycles. The van der Waals surface area contributed by atoms with Gasteiger partial charge in [0.2, 0.25) is 0 Å². The molecule has 1 rings (SSSR count). The van der Waals surface area contributed by atoms with Crippen LogP contribution in [-0.2, 0) is 6.42 Å². The van der Waals surface area contributed by atoms with Gasteiger partial charge in [-0.05, 0) is 31.7 Å². The Kier molecular flexibility index (Phi) is 4.74. The number of thiazole rings is 1. The minimum Gasteiger partial charge on any atom is -0.316 e. The molecule has 0 amide bonds. The van der Waals surface area contributed by atoms with E-state index in [9.17, 15) is 0 Å². The molecule has 0 radical (unpaired) electrons. The van der Waals surface area contributed by atoms with Gasteiger partial charge < -0.3 is 5.32 Å². The Morgan fingerprint density at radius 1 is 1.47 bits per heavy atom. The van der Waals surface area contributed by atoms with E-state index < -0.39 is 0 Å². The van der Waals surface area contributed by atoms with E-state index in [4.69, 9.17) is 0 Å². The predicted octanol–water partition coefficient (Wildman–Crippen LogP) is 3.10. The lowest BCUT2D eigenvalue weighted by Gasteiger charge is -2.30. The minimum absolute atomic E-state index is 0.350. The molecular weight excluding hydrogens is 204 g/mol. The van der Waals surface area contributed by atoms with Gasteiger partial charge in [0.1, 0.15) is 0 Å². The first-order valence-electron chi connectivity index (χ1n) is 5.58. The van der Waals surface area contributed by atoms with Crippen molar-refractivity contribution < 1.29 is 0 Å². The quantitative estimate of drug-likeness (QED) is 0.834. The van der Waals surface area contributed by atoms with Crippen molar-refractivity contribution in [2.24, 2.45) is 5.41 Å². The van der Waals surface area contributed by atoms with Crippen LogP contribution in [0.2, 0.25) is 0 Å². The molecule has 0 bridgehead atoms. The highest BCUT2D eigenvalue weighted by molar-refractivity contribution is 7.09. The fourth-order valence-electron chi connectivity index (χ4n) is 1.86. The zero-order chi connectivity index (χ0) is 11.3. The summed E-state index contributed by atoms with van der Waals surface area (Å²) in [6.45, 7) is 6.88. The molecule has 15 heavy (non-hydrogen) atoms. The first kappa shape index (κ1) is 12.7. The topological polar surface area (TPSA) is 24.9 Å². The molecule has 2 nitrogen and oxygen atoms in total. The van der Waals surface area contributed by atoms with Crippen LogP contribution in [0.1, 0.15) is 38.5 Å². The van der Waals surface area contributed by atoms with E-state index in [-0.39, 0.29) is 0 Å². The molecule has 1 atom stereocenters. The van der Waals surface area contributed by atoms with Crippen molar-refractivity contribution in [1.29, 1.82) is 0 Å². The molecule has 0 aliphatic heterocycles. The second-order valence-electron chi connectivity index (χ2n) is 5.07. The first-order valence-corrected chi connectivity index (χ1v) is 6.46. The Morgan fingerprint density at radius 2 is 2.20 bits per heavy atom. The molecule has 0 aromatic carbocycles. The molecule has 3 heteroatoms. The van der Waals surface area contributed by atoms with Crippen LogP contribution in [0.25, 0.3) is 0 Å². The Hall–Kier alpha value is -0.410. The SMILES string of the molecule is CNC(CCCc1cncs1)C(C)(C)C. The van der Waals surface area contributed by atoms with Crippen LogP contribution in [0.3, 0.4) is 0 Å². The summed E-state index contributed by atoms with van der Waals surface area (Å²) in [7, 11) is 2.06. The van der Waals surface area contributed by atoms with Crippen molar-refractivity contribution in [2.45, 2.75) is 46.1 Å². The van der Waals surface area contributed by atoms with E-state index in [1.165, 1.54) is 24.1 Å². The van der Waals surface area contributed by atoms with E-state index in [1.807, 2.05) is 11.7 Å². The van der Waals surface area contributed by atoms with E-state index in [1.54, 1.807) is 11.3 Å². The molecule has 0 saturated carbocycles. The zero-order valence-electron chi connectivity index (χ0n) is 10.2. The molecule has 0 aliphatic rings. The lowest BCUT2D eigenvalue weighted by molar-refractivity contribution is 0.264. The monoisotopic (exact) mass is 226 g/mol. The fraction of sp³-hybridized carbons (Fsp3) is 0.750. The summed E-state index contributed by atoms with van der Waals surface area (Å²) in [6.07, 6.45) is 5.62. The summed E-state index contributed by atoms with van der Waals surface area (Å²) in [4.78, 5) is 5.49. The molecule has 0 fully saturated rings. The third kappa shape index (κ3) is 4.31. The Bertz CT molecular complexity index is 262. The maximum atomic E-state index is 4.09. The van der Waals surface area contributed by atoms with Gasteiger partial charge in [0.05, 0.1) is 5.51 Å². The van der Waals surface area contributed by atoms with Gasteiger partial charge in [0.25, 0.3) is 0 Å². The summed E-state index contributed by atoms with van der Waals surface area (Å²) < 4.78 is 0. The molecule has 0 aliphatic carbocycles. The highest BCUT2D eigenvalue weighted by Crippen LogP contribution is 2.23. The van der Waals surface area contributed by atoms with Crippen LogP contribution in [0.4, 0.5) is 0 Å². The van der Waals surface area contributed by atoms with Gasteiger partial charge in [-0.15, -0.1) is 11.3 Å². The van der Waals surface area contributed by atoms with E-state index in [0.717, 1.165) is 0 Å². The average Bonchev–Trinajstić information content (AvgIpc) is 2.62. The van der Waals surface area contributed by atoms with Crippen molar-refractivity contribution >= 4 is 11.3 Å². The molecule has 0 saturated heterocycles. The summed E-state index contributed by atoms with van der Waals surface area (Å²) >= 11 is 1.76. The summed E-state index contributed by atoms with van der Waals surface area (Å²) in [5, 5.41) is 3.41. The number of aryl methyl sites for hydroxylation is 1. The molecule has 1 unspecified atom stereocenters. The summed E-state index contributed by atoms with van der Waals surface area (Å²) in [5.41, 5.74) is 2.26. The van der Waals surface area contributed by atoms with Crippen molar-refractivity contribution in [3.05, 3.63) is 16.6 Å². The third-order valence-corrected chi connectivity index (χ3v) is 3.63. The Balaban J connectivity index is 2.29. The highest BCUT2D eigenvalue weighted by atomic mass is 32.1. The predicted molar refractivity (Wildman–Crippen MR) is 67.4 cm³/mol. The van der Waals surface area contributed by atoms with Crippen molar-refractivity contribution in [1.82, 2.24) is 10.3 Å². The standard InChI is InChI=1S/C12H22N2S/c1-12(2,3)11(13-4)7-5-6-10-8-14-9-15-10/h8-9,11,13H,5-7H2,1-4H3. The van der Waals surface area contributed by atoms with Crippen molar-refractivity contribution in [3.8, 4) is 0 Å². The smallest absolute Gasteiger partial charge is 0.0794 e. The Labute approximate surface area is 97.1 Å². The molecule has 86 valence electrons. The van der Waals surface area contributed by atoms with Gasteiger partial charge in [-0.25, -0.2) is 0 Å². The van der Waals surface area contributed by atoms with Gasteiger partial charge >= 0.3 is 0 Å². The molecule has 1 N–H and O–H groups in total. The third-order valence-electron chi connectivity index (χ3n) is 2.79. The van der Waals surface area contributed by atoms with Crippen LogP contribution >= 0.6 is 11.3 Å². The number of hydrogen-bond donors (Lipinski definition) is 1. The van der Waals surface area contributed by atoms with Crippen LogP contribution in [-0.4, -0.2) is 18.1 Å². The number of aromatic nitrogens is 1. The van der Waals surface area contributed by atoms with Gasteiger partial charge in [0.15, 0.2) is 0 Å².